The fourth-order valence-corrected chi connectivity index (χ4v) is 3.01. The molecule has 0 amide bonds. The van der Waals surface area contributed by atoms with E-state index in [9.17, 15) is 26.3 Å². The van der Waals surface area contributed by atoms with Crippen LogP contribution >= 0.6 is 11.3 Å². The Kier molecular flexibility index (Phi) is 3.72. The summed E-state index contributed by atoms with van der Waals surface area (Å²) in [5.74, 6) is -3.58. The van der Waals surface area contributed by atoms with Crippen LogP contribution in [-0.4, -0.2) is 12.4 Å². The SMILES string of the molecule is NC(c1cccc2ccsc12)C(C(F)(F)F)C(F)(F)F. The topological polar surface area (TPSA) is 26.0 Å². The molecule has 1 heterocycles. The second kappa shape index (κ2) is 4.92. The van der Waals surface area contributed by atoms with Crippen LogP contribution in [0.1, 0.15) is 11.6 Å². The van der Waals surface area contributed by atoms with E-state index in [0.717, 1.165) is 11.3 Å². The normalized spacial score (nSPS) is 15.0. The number of halogens is 6. The highest BCUT2D eigenvalue weighted by Crippen LogP contribution is 2.46. The van der Waals surface area contributed by atoms with Crippen molar-refractivity contribution >= 4 is 21.4 Å². The maximum absolute atomic E-state index is 12.7. The number of thiophene rings is 1. The maximum Gasteiger partial charge on any atom is 0.402 e. The molecule has 0 aliphatic carbocycles. The van der Waals surface area contributed by atoms with Crippen molar-refractivity contribution in [3.05, 3.63) is 35.2 Å². The molecule has 0 fully saturated rings. The van der Waals surface area contributed by atoms with E-state index in [-0.39, 0.29) is 5.56 Å². The number of rotatable bonds is 2. The molecule has 1 aromatic heterocycles. The van der Waals surface area contributed by atoms with Crippen LogP contribution in [0.2, 0.25) is 0 Å². The molecule has 0 bridgehead atoms. The van der Waals surface area contributed by atoms with E-state index in [1.807, 2.05) is 0 Å². The average Bonchev–Trinajstić information content (AvgIpc) is 2.71. The molecule has 0 aliphatic heterocycles. The first-order valence-corrected chi connectivity index (χ1v) is 6.35. The maximum atomic E-state index is 12.7. The highest BCUT2D eigenvalue weighted by atomic mass is 32.1. The van der Waals surface area contributed by atoms with Gasteiger partial charge in [0.05, 0.1) is 6.04 Å². The van der Waals surface area contributed by atoms with Gasteiger partial charge in [0.1, 0.15) is 0 Å². The first-order valence-electron chi connectivity index (χ1n) is 5.47. The zero-order valence-electron chi connectivity index (χ0n) is 9.79. The Hall–Kier alpha value is -1.28. The summed E-state index contributed by atoms with van der Waals surface area (Å²) in [6.07, 6.45) is -10.9. The molecule has 1 atom stereocenters. The molecule has 0 saturated heterocycles. The Morgan fingerprint density at radius 3 is 2.10 bits per heavy atom. The van der Waals surface area contributed by atoms with Gasteiger partial charge in [-0.05, 0) is 22.4 Å². The monoisotopic (exact) mass is 313 g/mol. The Bertz CT molecular complexity index is 586. The number of fused-ring (bicyclic) bond motifs is 1. The van der Waals surface area contributed by atoms with Gasteiger partial charge >= 0.3 is 12.4 Å². The molecule has 0 saturated carbocycles. The molecule has 20 heavy (non-hydrogen) atoms. The fourth-order valence-electron chi connectivity index (χ4n) is 2.05. The van der Waals surface area contributed by atoms with Gasteiger partial charge < -0.3 is 5.73 Å². The zero-order valence-corrected chi connectivity index (χ0v) is 10.6. The molecule has 1 unspecified atom stereocenters. The van der Waals surface area contributed by atoms with Crippen molar-refractivity contribution in [1.82, 2.24) is 0 Å². The van der Waals surface area contributed by atoms with Gasteiger partial charge in [-0.1, -0.05) is 18.2 Å². The summed E-state index contributed by atoms with van der Waals surface area (Å²) >= 11 is 1.07. The van der Waals surface area contributed by atoms with Gasteiger partial charge in [0, 0.05) is 4.70 Å². The summed E-state index contributed by atoms with van der Waals surface area (Å²) in [5.41, 5.74) is 5.16. The van der Waals surface area contributed by atoms with E-state index in [0.29, 0.717) is 10.1 Å². The molecule has 0 spiro atoms. The lowest BCUT2D eigenvalue weighted by atomic mass is 9.92. The van der Waals surface area contributed by atoms with Gasteiger partial charge in [0.15, 0.2) is 5.92 Å². The Labute approximate surface area is 114 Å². The minimum atomic E-state index is -5.45. The van der Waals surface area contributed by atoms with Gasteiger partial charge in [-0.15, -0.1) is 11.3 Å². The van der Waals surface area contributed by atoms with Gasteiger partial charge in [-0.3, -0.25) is 0 Å². The van der Waals surface area contributed by atoms with Crippen molar-refractivity contribution in [1.29, 1.82) is 0 Å². The Morgan fingerprint density at radius 1 is 0.950 bits per heavy atom. The molecule has 110 valence electrons. The summed E-state index contributed by atoms with van der Waals surface area (Å²) in [6.45, 7) is 0. The number of alkyl halides is 6. The second-order valence-electron chi connectivity index (χ2n) is 4.27. The predicted molar refractivity (Wildman–Crippen MR) is 64.4 cm³/mol. The van der Waals surface area contributed by atoms with Crippen molar-refractivity contribution in [2.75, 3.05) is 0 Å². The van der Waals surface area contributed by atoms with Gasteiger partial charge in [-0.2, -0.15) is 26.3 Å². The predicted octanol–water partition coefficient (Wildman–Crippen LogP) is 4.64. The summed E-state index contributed by atoms with van der Waals surface area (Å²) in [5, 5.41) is 2.17. The molecular formula is C12H9F6NS. The number of hydrogen-bond acceptors (Lipinski definition) is 2. The third-order valence-corrected chi connectivity index (χ3v) is 3.91. The van der Waals surface area contributed by atoms with Crippen molar-refractivity contribution in [3.63, 3.8) is 0 Å². The fraction of sp³-hybridized carbons (Fsp3) is 0.333. The van der Waals surface area contributed by atoms with Gasteiger partial charge in [0.25, 0.3) is 0 Å². The molecule has 1 aromatic carbocycles. The Balaban J connectivity index is 2.52. The van der Waals surface area contributed by atoms with E-state index in [1.54, 1.807) is 17.5 Å². The first-order chi connectivity index (χ1) is 9.12. The van der Waals surface area contributed by atoms with Crippen LogP contribution in [-0.2, 0) is 0 Å². The number of hydrogen-bond donors (Lipinski definition) is 1. The number of benzene rings is 1. The lowest BCUT2D eigenvalue weighted by Gasteiger charge is -2.28. The minimum Gasteiger partial charge on any atom is -0.323 e. The van der Waals surface area contributed by atoms with Crippen LogP contribution in [0.3, 0.4) is 0 Å². The van der Waals surface area contributed by atoms with Crippen LogP contribution in [0.4, 0.5) is 26.3 Å². The standard InChI is InChI=1S/C12H9F6NS/c13-11(14,15)10(12(16,17)18)8(19)7-3-1-2-6-4-5-20-9(6)7/h1-5,8,10H,19H2. The van der Waals surface area contributed by atoms with Crippen LogP contribution in [0.25, 0.3) is 10.1 Å². The second-order valence-corrected chi connectivity index (χ2v) is 5.19. The van der Waals surface area contributed by atoms with Crippen LogP contribution in [0, 0.1) is 5.92 Å². The van der Waals surface area contributed by atoms with E-state index < -0.39 is 24.3 Å². The van der Waals surface area contributed by atoms with Crippen LogP contribution in [0.5, 0.6) is 0 Å². The summed E-state index contributed by atoms with van der Waals surface area (Å²) in [4.78, 5) is 0. The summed E-state index contributed by atoms with van der Waals surface area (Å²) < 4.78 is 76.4. The average molecular weight is 313 g/mol. The van der Waals surface area contributed by atoms with Crippen molar-refractivity contribution < 1.29 is 26.3 Å². The van der Waals surface area contributed by atoms with Crippen molar-refractivity contribution in [2.24, 2.45) is 11.7 Å². The van der Waals surface area contributed by atoms with E-state index in [2.05, 4.69) is 0 Å². The third-order valence-electron chi connectivity index (χ3n) is 2.93. The Morgan fingerprint density at radius 2 is 1.55 bits per heavy atom. The van der Waals surface area contributed by atoms with E-state index in [1.165, 1.54) is 12.1 Å². The first kappa shape index (κ1) is 15.1. The minimum absolute atomic E-state index is 0.142. The van der Waals surface area contributed by atoms with Crippen molar-refractivity contribution in [2.45, 2.75) is 18.4 Å². The van der Waals surface area contributed by atoms with Crippen LogP contribution in [0.15, 0.2) is 29.6 Å². The lowest BCUT2D eigenvalue weighted by molar-refractivity contribution is -0.290. The third kappa shape index (κ3) is 2.76. The molecule has 0 aliphatic rings. The van der Waals surface area contributed by atoms with E-state index in [4.69, 9.17) is 5.73 Å². The lowest BCUT2D eigenvalue weighted by Crippen LogP contribution is -2.44. The van der Waals surface area contributed by atoms with Gasteiger partial charge in [0.2, 0.25) is 0 Å². The van der Waals surface area contributed by atoms with E-state index >= 15 is 0 Å². The zero-order chi connectivity index (χ0) is 15.1. The molecule has 1 nitrogen and oxygen atoms in total. The number of nitrogens with two attached hydrogens (primary N) is 1. The summed E-state index contributed by atoms with van der Waals surface area (Å²) in [7, 11) is 0. The molecule has 2 aromatic rings. The highest BCUT2D eigenvalue weighted by molar-refractivity contribution is 7.17. The quantitative estimate of drug-likeness (QED) is 0.803. The molecular weight excluding hydrogens is 304 g/mol. The molecule has 2 N–H and O–H groups in total. The smallest absolute Gasteiger partial charge is 0.323 e. The molecule has 0 radical (unpaired) electrons. The summed E-state index contributed by atoms with van der Waals surface area (Å²) in [6, 6.07) is 3.64. The molecule has 8 heteroatoms. The van der Waals surface area contributed by atoms with Crippen molar-refractivity contribution in [3.8, 4) is 0 Å². The van der Waals surface area contributed by atoms with Gasteiger partial charge in [-0.25, -0.2) is 0 Å². The largest absolute Gasteiger partial charge is 0.402 e. The molecule has 2 rings (SSSR count). The van der Waals surface area contributed by atoms with Crippen LogP contribution < -0.4 is 5.73 Å². The highest BCUT2D eigenvalue weighted by Gasteiger charge is 2.59.